The number of hydrogen-bond donors (Lipinski definition) is 1. The first-order valence-electron chi connectivity index (χ1n) is 6.63. The maximum absolute atomic E-state index is 12.3. The predicted molar refractivity (Wildman–Crippen MR) is 67.1 cm³/mol. The molecule has 1 unspecified atom stereocenters. The van der Waals surface area contributed by atoms with Crippen LogP contribution in [0.3, 0.4) is 0 Å². The lowest BCUT2D eigenvalue weighted by atomic mass is 9.91. The van der Waals surface area contributed by atoms with Crippen LogP contribution in [0.4, 0.5) is 0 Å². The van der Waals surface area contributed by atoms with Crippen molar-refractivity contribution in [3.05, 3.63) is 0 Å². The van der Waals surface area contributed by atoms with Crippen LogP contribution in [-0.2, 0) is 4.79 Å². The van der Waals surface area contributed by atoms with Crippen LogP contribution in [0.1, 0.15) is 59.3 Å². The van der Waals surface area contributed by atoms with Gasteiger partial charge in [0.25, 0.3) is 0 Å². The molecule has 16 heavy (non-hydrogen) atoms. The van der Waals surface area contributed by atoms with E-state index in [0.717, 1.165) is 19.4 Å². The fourth-order valence-electron chi connectivity index (χ4n) is 2.44. The molecule has 0 spiro atoms. The number of amides is 1. The van der Waals surface area contributed by atoms with Crippen molar-refractivity contribution in [1.29, 1.82) is 0 Å². The first-order chi connectivity index (χ1) is 7.53. The van der Waals surface area contributed by atoms with Gasteiger partial charge < -0.3 is 10.6 Å². The summed E-state index contributed by atoms with van der Waals surface area (Å²) in [5.41, 5.74) is 5.36. The van der Waals surface area contributed by atoms with Crippen LogP contribution in [0.2, 0.25) is 0 Å². The first-order valence-corrected chi connectivity index (χ1v) is 6.63. The van der Waals surface area contributed by atoms with Crippen LogP contribution < -0.4 is 5.73 Å². The van der Waals surface area contributed by atoms with Crippen LogP contribution in [0.5, 0.6) is 0 Å². The van der Waals surface area contributed by atoms with Gasteiger partial charge in [-0.2, -0.15) is 0 Å². The lowest BCUT2D eigenvalue weighted by Gasteiger charge is -2.38. The zero-order chi connectivity index (χ0) is 12.2. The standard InChI is InChI=1S/C13H26N2O/c1-4-13(3,14)12(16)15(5-2)11-9-7-6-8-10-11/h11H,4-10,14H2,1-3H3. The van der Waals surface area contributed by atoms with Gasteiger partial charge in [0, 0.05) is 12.6 Å². The summed E-state index contributed by atoms with van der Waals surface area (Å²) in [6.07, 6.45) is 6.83. The molecular weight excluding hydrogens is 200 g/mol. The lowest BCUT2D eigenvalue weighted by Crippen LogP contribution is -2.56. The van der Waals surface area contributed by atoms with Crippen molar-refractivity contribution in [1.82, 2.24) is 4.90 Å². The third-order valence-electron chi connectivity index (χ3n) is 3.84. The second-order valence-electron chi connectivity index (χ2n) is 5.15. The van der Waals surface area contributed by atoms with Gasteiger partial charge in [0.05, 0.1) is 5.54 Å². The number of nitrogens with two attached hydrogens (primary N) is 1. The molecule has 1 aliphatic rings. The molecule has 0 saturated heterocycles. The minimum atomic E-state index is -0.687. The topological polar surface area (TPSA) is 46.3 Å². The number of carbonyl (C=O) groups excluding carboxylic acids is 1. The number of nitrogens with zero attached hydrogens (tertiary/aromatic N) is 1. The van der Waals surface area contributed by atoms with E-state index in [-0.39, 0.29) is 5.91 Å². The molecule has 94 valence electrons. The molecule has 3 nitrogen and oxygen atoms in total. The molecule has 3 heteroatoms. The molecule has 1 aliphatic carbocycles. The molecule has 1 atom stereocenters. The second-order valence-corrected chi connectivity index (χ2v) is 5.15. The lowest BCUT2D eigenvalue weighted by molar-refractivity contribution is -0.139. The van der Waals surface area contributed by atoms with E-state index in [2.05, 4.69) is 6.92 Å². The normalized spacial score (nSPS) is 21.5. The zero-order valence-electron chi connectivity index (χ0n) is 11.0. The first kappa shape index (κ1) is 13.5. The van der Waals surface area contributed by atoms with Crippen LogP contribution >= 0.6 is 0 Å². The van der Waals surface area contributed by atoms with E-state index >= 15 is 0 Å². The molecule has 0 bridgehead atoms. The molecule has 0 aromatic rings. The highest BCUT2D eigenvalue weighted by atomic mass is 16.2. The van der Waals surface area contributed by atoms with Crippen molar-refractivity contribution in [2.75, 3.05) is 6.54 Å². The van der Waals surface area contributed by atoms with Gasteiger partial charge in [-0.1, -0.05) is 26.2 Å². The van der Waals surface area contributed by atoms with Gasteiger partial charge in [-0.3, -0.25) is 4.79 Å². The maximum atomic E-state index is 12.3. The molecule has 1 saturated carbocycles. The molecule has 1 rings (SSSR count). The SMILES string of the molecule is CCN(C(=O)C(C)(N)CC)C1CCCCC1. The van der Waals surface area contributed by atoms with Crippen LogP contribution in [0.25, 0.3) is 0 Å². The largest absolute Gasteiger partial charge is 0.338 e. The summed E-state index contributed by atoms with van der Waals surface area (Å²) < 4.78 is 0. The summed E-state index contributed by atoms with van der Waals surface area (Å²) in [5.74, 6) is 0.129. The molecule has 0 aliphatic heterocycles. The van der Waals surface area contributed by atoms with Crippen molar-refractivity contribution in [3.8, 4) is 0 Å². The van der Waals surface area contributed by atoms with E-state index in [1.54, 1.807) is 0 Å². The van der Waals surface area contributed by atoms with Gasteiger partial charge >= 0.3 is 0 Å². The smallest absolute Gasteiger partial charge is 0.242 e. The van der Waals surface area contributed by atoms with Gasteiger partial charge in [0.15, 0.2) is 0 Å². The number of carbonyl (C=O) groups is 1. The fourth-order valence-corrected chi connectivity index (χ4v) is 2.44. The molecule has 0 aromatic heterocycles. The average Bonchev–Trinajstić information content (AvgIpc) is 2.31. The molecule has 0 heterocycles. The summed E-state index contributed by atoms with van der Waals surface area (Å²) in [4.78, 5) is 14.3. The quantitative estimate of drug-likeness (QED) is 0.799. The summed E-state index contributed by atoms with van der Waals surface area (Å²) in [6.45, 7) is 6.67. The van der Waals surface area contributed by atoms with Crippen molar-refractivity contribution in [2.24, 2.45) is 5.73 Å². The Kier molecular flexibility index (Phi) is 4.78. The zero-order valence-corrected chi connectivity index (χ0v) is 11.0. The Morgan fingerprint density at radius 2 is 1.88 bits per heavy atom. The summed E-state index contributed by atoms with van der Waals surface area (Å²) in [6, 6.07) is 0.431. The Labute approximate surface area is 99.4 Å². The Morgan fingerprint density at radius 1 is 1.31 bits per heavy atom. The van der Waals surface area contributed by atoms with Crippen LogP contribution in [-0.4, -0.2) is 28.9 Å². The van der Waals surface area contributed by atoms with Gasteiger partial charge in [0.1, 0.15) is 0 Å². The molecule has 1 fully saturated rings. The Morgan fingerprint density at radius 3 is 2.31 bits per heavy atom. The monoisotopic (exact) mass is 226 g/mol. The Hall–Kier alpha value is -0.570. The molecule has 0 radical (unpaired) electrons. The van der Waals surface area contributed by atoms with E-state index in [9.17, 15) is 4.79 Å². The fraction of sp³-hybridized carbons (Fsp3) is 0.923. The van der Waals surface area contributed by atoms with Crippen molar-refractivity contribution < 1.29 is 4.79 Å². The van der Waals surface area contributed by atoms with Crippen molar-refractivity contribution in [3.63, 3.8) is 0 Å². The molecule has 1 amide bonds. The highest BCUT2D eigenvalue weighted by molar-refractivity contribution is 5.85. The van der Waals surface area contributed by atoms with Gasteiger partial charge in [-0.05, 0) is 33.1 Å². The molecule has 2 N–H and O–H groups in total. The van der Waals surface area contributed by atoms with E-state index in [1.165, 1.54) is 19.3 Å². The number of likely N-dealkylation sites (N-methyl/N-ethyl adjacent to an activating group) is 1. The molecule has 0 aromatic carbocycles. The third-order valence-corrected chi connectivity index (χ3v) is 3.84. The summed E-state index contributed by atoms with van der Waals surface area (Å²) in [7, 11) is 0. The van der Waals surface area contributed by atoms with Gasteiger partial charge in [-0.15, -0.1) is 0 Å². The van der Waals surface area contributed by atoms with E-state index in [4.69, 9.17) is 5.73 Å². The minimum absolute atomic E-state index is 0.129. The van der Waals surface area contributed by atoms with E-state index in [1.807, 2.05) is 18.7 Å². The van der Waals surface area contributed by atoms with E-state index in [0.29, 0.717) is 12.5 Å². The summed E-state index contributed by atoms with van der Waals surface area (Å²) in [5, 5.41) is 0. The van der Waals surface area contributed by atoms with Crippen LogP contribution in [0, 0.1) is 0 Å². The predicted octanol–water partition coefficient (Wildman–Crippen LogP) is 2.29. The van der Waals surface area contributed by atoms with E-state index < -0.39 is 5.54 Å². The highest BCUT2D eigenvalue weighted by Crippen LogP contribution is 2.24. The molecular formula is C13H26N2O. The maximum Gasteiger partial charge on any atom is 0.242 e. The number of hydrogen-bond acceptors (Lipinski definition) is 2. The summed E-state index contributed by atoms with van der Waals surface area (Å²) >= 11 is 0. The van der Waals surface area contributed by atoms with Gasteiger partial charge in [-0.25, -0.2) is 0 Å². The minimum Gasteiger partial charge on any atom is -0.338 e. The van der Waals surface area contributed by atoms with Crippen molar-refractivity contribution in [2.45, 2.75) is 70.9 Å². The van der Waals surface area contributed by atoms with Crippen molar-refractivity contribution >= 4 is 5.91 Å². The third kappa shape index (κ3) is 2.97. The second kappa shape index (κ2) is 5.67. The Balaban J connectivity index is 2.69. The highest BCUT2D eigenvalue weighted by Gasteiger charge is 2.34. The van der Waals surface area contributed by atoms with Crippen LogP contribution in [0.15, 0.2) is 0 Å². The average molecular weight is 226 g/mol. The Bertz CT molecular complexity index is 232. The van der Waals surface area contributed by atoms with Gasteiger partial charge in [0.2, 0.25) is 5.91 Å². The number of rotatable bonds is 4.